The molecule has 0 saturated carbocycles. The maximum absolute atomic E-state index is 5.89. The average molecular weight is 292 g/mol. The molecular formula is C21H24O. The van der Waals surface area contributed by atoms with E-state index in [0.717, 1.165) is 6.61 Å². The molecule has 0 spiro atoms. The third kappa shape index (κ3) is 3.48. The zero-order valence-electron chi connectivity index (χ0n) is 13.3. The molecule has 0 radical (unpaired) electrons. The Hall–Kier alpha value is -1.86. The predicted molar refractivity (Wildman–Crippen MR) is 95.3 cm³/mol. The number of fused-ring (bicyclic) bond motifs is 2. The lowest BCUT2D eigenvalue weighted by molar-refractivity contribution is 0.117. The molecule has 0 fully saturated rings. The minimum atomic E-state index is 0.710. The van der Waals surface area contributed by atoms with Gasteiger partial charge in [0, 0.05) is 6.61 Å². The summed E-state index contributed by atoms with van der Waals surface area (Å²) < 4.78 is 5.89. The maximum Gasteiger partial charge on any atom is 0.0722 e. The molecule has 0 bridgehead atoms. The van der Waals surface area contributed by atoms with E-state index in [1.165, 1.54) is 52.8 Å². The Morgan fingerprint density at radius 1 is 0.773 bits per heavy atom. The standard InChI is InChI=1S/C21H24O/c1-2-3-4-7-13-22-16-20-12-8-11-19-14-17-9-5-6-10-18(17)15-21(19)20/h5-6,8-12,14-15H,2-4,7,13,16H2,1H3. The van der Waals surface area contributed by atoms with Crippen molar-refractivity contribution in [2.75, 3.05) is 6.61 Å². The van der Waals surface area contributed by atoms with Crippen molar-refractivity contribution in [2.24, 2.45) is 0 Å². The topological polar surface area (TPSA) is 9.23 Å². The molecule has 22 heavy (non-hydrogen) atoms. The zero-order chi connectivity index (χ0) is 15.2. The van der Waals surface area contributed by atoms with Crippen LogP contribution in [0.25, 0.3) is 21.5 Å². The molecule has 114 valence electrons. The maximum atomic E-state index is 5.89. The molecule has 0 aliphatic rings. The molecular weight excluding hydrogens is 268 g/mol. The molecule has 0 saturated heterocycles. The first kappa shape index (κ1) is 15.1. The van der Waals surface area contributed by atoms with Crippen LogP contribution in [-0.4, -0.2) is 6.61 Å². The van der Waals surface area contributed by atoms with E-state index in [0.29, 0.717) is 6.61 Å². The van der Waals surface area contributed by atoms with E-state index in [1.54, 1.807) is 0 Å². The fourth-order valence-corrected chi connectivity index (χ4v) is 2.97. The Labute approximate surface area is 132 Å². The largest absolute Gasteiger partial charge is 0.377 e. The second kappa shape index (κ2) is 7.42. The van der Waals surface area contributed by atoms with E-state index in [1.807, 2.05) is 0 Å². The smallest absolute Gasteiger partial charge is 0.0722 e. The van der Waals surface area contributed by atoms with E-state index >= 15 is 0 Å². The Morgan fingerprint density at radius 2 is 1.55 bits per heavy atom. The Bertz CT molecular complexity index is 745. The first-order valence-electron chi connectivity index (χ1n) is 8.36. The van der Waals surface area contributed by atoms with Crippen LogP contribution in [0.5, 0.6) is 0 Å². The van der Waals surface area contributed by atoms with Crippen molar-refractivity contribution in [3.05, 3.63) is 60.2 Å². The minimum absolute atomic E-state index is 0.710. The van der Waals surface area contributed by atoms with Crippen molar-refractivity contribution in [2.45, 2.75) is 39.2 Å². The van der Waals surface area contributed by atoms with E-state index in [-0.39, 0.29) is 0 Å². The van der Waals surface area contributed by atoms with Crippen LogP contribution in [0.3, 0.4) is 0 Å². The summed E-state index contributed by atoms with van der Waals surface area (Å²) in [6.07, 6.45) is 5.03. The van der Waals surface area contributed by atoms with E-state index in [4.69, 9.17) is 4.74 Å². The lowest BCUT2D eigenvalue weighted by atomic mass is 10.00. The summed E-state index contributed by atoms with van der Waals surface area (Å²) in [6, 6.07) is 19.6. The molecule has 1 nitrogen and oxygen atoms in total. The summed E-state index contributed by atoms with van der Waals surface area (Å²) >= 11 is 0. The summed E-state index contributed by atoms with van der Waals surface area (Å²) in [5.74, 6) is 0. The second-order valence-electron chi connectivity index (χ2n) is 5.95. The van der Waals surface area contributed by atoms with Crippen molar-refractivity contribution < 1.29 is 4.74 Å². The zero-order valence-corrected chi connectivity index (χ0v) is 13.3. The van der Waals surface area contributed by atoms with Gasteiger partial charge < -0.3 is 4.74 Å². The van der Waals surface area contributed by atoms with Gasteiger partial charge in [-0.25, -0.2) is 0 Å². The molecule has 3 aromatic carbocycles. The van der Waals surface area contributed by atoms with Crippen LogP contribution in [0, 0.1) is 0 Å². The first-order chi connectivity index (χ1) is 10.9. The summed E-state index contributed by atoms with van der Waals surface area (Å²) in [7, 11) is 0. The molecule has 0 heterocycles. The predicted octanol–water partition coefficient (Wildman–Crippen LogP) is 6.09. The van der Waals surface area contributed by atoms with Crippen LogP contribution in [0.4, 0.5) is 0 Å². The third-order valence-corrected chi connectivity index (χ3v) is 4.24. The minimum Gasteiger partial charge on any atom is -0.377 e. The highest BCUT2D eigenvalue weighted by atomic mass is 16.5. The molecule has 0 aliphatic heterocycles. The monoisotopic (exact) mass is 292 g/mol. The van der Waals surface area contributed by atoms with Gasteiger partial charge in [0.15, 0.2) is 0 Å². The molecule has 3 aromatic rings. The number of unbranched alkanes of at least 4 members (excludes halogenated alkanes) is 3. The van der Waals surface area contributed by atoms with Crippen LogP contribution in [0.15, 0.2) is 54.6 Å². The summed E-state index contributed by atoms with van der Waals surface area (Å²) in [6.45, 7) is 3.81. The SMILES string of the molecule is CCCCCCOCc1cccc2cc3ccccc3cc12. The molecule has 1 heteroatoms. The highest BCUT2D eigenvalue weighted by Crippen LogP contribution is 2.26. The number of hydrogen-bond donors (Lipinski definition) is 0. The van der Waals surface area contributed by atoms with Gasteiger partial charge in [0.05, 0.1) is 6.61 Å². The van der Waals surface area contributed by atoms with Gasteiger partial charge in [-0.3, -0.25) is 0 Å². The van der Waals surface area contributed by atoms with Gasteiger partial charge in [0.1, 0.15) is 0 Å². The number of ether oxygens (including phenoxy) is 1. The summed E-state index contributed by atoms with van der Waals surface area (Å²) in [5, 5.41) is 5.21. The van der Waals surface area contributed by atoms with Gasteiger partial charge in [-0.2, -0.15) is 0 Å². The van der Waals surface area contributed by atoms with Crippen molar-refractivity contribution in [1.29, 1.82) is 0 Å². The highest BCUT2D eigenvalue weighted by molar-refractivity contribution is 5.99. The second-order valence-corrected chi connectivity index (χ2v) is 5.95. The molecule has 0 amide bonds. The van der Waals surface area contributed by atoms with E-state index in [2.05, 4.69) is 61.5 Å². The normalized spacial score (nSPS) is 11.3. The van der Waals surface area contributed by atoms with Crippen molar-refractivity contribution in [1.82, 2.24) is 0 Å². The lowest BCUT2D eigenvalue weighted by Gasteiger charge is -2.09. The van der Waals surface area contributed by atoms with Crippen LogP contribution in [0.2, 0.25) is 0 Å². The quantitative estimate of drug-likeness (QED) is 0.378. The Morgan fingerprint density at radius 3 is 2.36 bits per heavy atom. The van der Waals surface area contributed by atoms with Gasteiger partial charge in [-0.15, -0.1) is 0 Å². The highest BCUT2D eigenvalue weighted by Gasteiger charge is 2.03. The van der Waals surface area contributed by atoms with Crippen LogP contribution in [0.1, 0.15) is 38.2 Å². The fraction of sp³-hybridized carbons (Fsp3) is 0.333. The molecule has 0 aromatic heterocycles. The van der Waals surface area contributed by atoms with Gasteiger partial charge in [-0.05, 0) is 45.7 Å². The number of rotatable bonds is 7. The first-order valence-corrected chi connectivity index (χ1v) is 8.36. The summed E-state index contributed by atoms with van der Waals surface area (Å²) in [4.78, 5) is 0. The van der Waals surface area contributed by atoms with Gasteiger partial charge in [0.2, 0.25) is 0 Å². The number of hydrogen-bond acceptors (Lipinski definition) is 1. The average Bonchev–Trinajstić information content (AvgIpc) is 2.56. The van der Waals surface area contributed by atoms with Gasteiger partial charge in [-0.1, -0.05) is 68.7 Å². The Kier molecular flexibility index (Phi) is 5.07. The van der Waals surface area contributed by atoms with Crippen LogP contribution in [-0.2, 0) is 11.3 Å². The molecule has 0 atom stereocenters. The van der Waals surface area contributed by atoms with Gasteiger partial charge >= 0.3 is 0 Å². The van der Waals surface area contributed by atoms with Crippen molar-refractivity contribution >= 4 is 21.5 Å². The lowest BCUT2D eigenvalue weighted by Crippen LogP contribution is -1.96. The summed E-state index contributed by atoms with van der Waals surface area (Å²) in [5.41, 5.74) is 1.29. The molecule has 3 rings (SSSR count). The van der Waals surface area contributed by atoms with Crippen LogP contribution < -0.4 is 0 Å². The molecule has 0 N–H and O–H groups in total. The van der Waals surface area contributed by atoms with E-state index < -0.39 is 0 Å². The van der Waals surface area contributed by atoms with Gasteiger partial charge in [0.25, 0.3) is 0 Å². The Balaban J connectivity index is 1.76. The number of benzene rings is 3. The van der Waals surface area contributed by atoms with Crippen molar-refractivity contribution in [3.8, 4) is 0 Å². The van der Waals surface area contributed by atoms with Crippen molar-refractivity contribution in [3.63, 3.8) is 0 Å². The van der Waals surface area contributed by atoms with Crippen LogP contribution >= 0.6 is 0 Å². The molecule has 0 aliphatic carbocycles. The molecule has 0 unspecified atom stereocenters. The van der Waals surface area contributed by atoms with E-state index in [9.17, 15) is 0 Å². The fourth-order valence-electron chi connectivity index (χ4n) is 2.97. The third-order valence-electron chi connectivity index (χ3n) is 4.24.